The number of Topliss-reactive ketones (excluding diaryl/α,β-unsaturated/α-hetero) is 1. The number of aromatic amines is 1. The lowest BCUT2D eigenvalue weighted by atomic mass is 10.0. The van der Waals surface area contributed by atoms with Gasteiger partial charge in [-0.3, -0.25) is 9.78 Å². The van der Waals surface area contributed by atoms with E-state index in [9.17, 15) is 4.79 Å². The first kappa shape index (κ1) is 19.0. The van der Waals surface area contributed by atoms with E-state index in [1.54, 1.807) is 50.9 Å². The number of carbonyl (C=O) groups excluding carboxylic acids is 1. The molecule has 0 aliphatic rings. The molecule has 0 spiro atoms. The van der Waals surface area contributed by atoms with Gasteiger partial charge in [0.05, 0.1) is 36.5 Å². The van der Waals surface area contributed by atoms with Crippen LogP contribution in [0.4, 0.5) is 0 Å². The average molecular weight is 408 g/mol. The molecule has 146 valence electrons. The number of H-pyrrole nitrogens is 1. The molecular formula is C22H18ClN3O3. The molecule has 2 aromatic heterocycles. The third kappa shape index (κ3) is 3.93. The Morgan fingerprint density at radius 1 is 1.07 bits per heavy atom. The lowest BCUT2D eigenvalue weighted by Crippen LogP contribution is -2.05. The maximum Gasteiger partial charge on any atom is 0.167 e. The number of pyridine rings is 1. The summed E-state index contributed by atoms with van der Waals surface area (Å²) in [5.74, 6) is 1.72. The van der Waals surface area contributed by atoms with Crippen molar-refractivity contribution < 1.29 is 14.3 Å². The molecule has 0 aliphatic heterocycles. The number of hydrogen-bond acceptors (Lipinski definition) is 5. The third-order valence-electron chi connectivity index (χ3n) is 4.61. The molecule has 0 saturated carbocycles. The number of benzene rings is 2. The van der Waals surface area contributed by atoms with Gasteiger partial charge >= 0.3 is 0 Å². The van der Waals surface area contributed by atoms with Crippen LogP contribution < -0.4 is 9.47 Å². The summed E-state index contributed by atoms with van der Waals surface area (Å²) in [5.41, 5.74) is 3.71. The number of methoxy groups -OCH3 is 2. The summed E-state index contributed by atoms with van der Waals surface area (Å²) in [6, 6.07) is 12.5. The number of rotatable bonds is 6. The molecule has 0 radical (unpaired) electrons. The van der Waals surface area contributed by atoms with Gasteiger partial charge in [0.2, 0.25) is 0 Å². The Bertz CT molecular complexity index is 1150. The van der Waals surface area contributed by atoms with Crippen molar-refractivity contribution in [1.82, 2.24) is 15.0 Å². The van der Waals surface area contributed by atoms with E-state index in [0.717, 1.165) is 22.2 Å². The number of ether oxygens (including phenoxy) is 2. The van der Waals surface area contributed by atoms with Crippen molar-refractivity contribution in [3.8, 4) is 22.9 Å². The van der Waals surface area contributed by atoms with Crippen molar-refractivity contribution in [2.75, 3.05) is 14.2 Å². The Morgan fingerprint density at radius 3 is 2.52 bits per heavy atom. The first-order chi connectivity index (χ1) is 14.1. The maximum absolute atomic E-state index is 12.8. The minimum absolute atomic E-state index is 0.0516. The Kier molecular flexibility index (Phi) is 5.18. The number of fused-ring (bicyclic) bond motifs is 1. The highest BCUT2D eigenvalue weighted by Gasteiger charge is 2.14. The van der Waals surface area contributed by atoms with Gasteiger partial charge in [0.1, 0.15) is 17.3 Å². The highest BCUT2D eigenvalue weighted by atomic mass is 35.5. The maximum atomic E-state index is 12.8. The Labute approximate surface area is 172 Å². The number of halogens is 1. The fourth-order valence-corrected chi connectivity index (χ4v) is 3.31. The molecule has 1 N–H and O–H groups in total. The average Bonchev–Trinajstić information content (AvgIpc) is 3.18. The third-order valence-corrected chi connectivity index (χ3v) is 4.94. The number of nitrogens with one attached hydrogen (secondary N) is 1. The number of carbonyl (C=O) groups is 1. The van der Waals surface area contributed by atoms with Crippen LogP contribution in [-0.2, 0) is 6.42 Å². The van der Waals surface area contributed by atoms with Crippen LogP contribution in [-0.4, -0.2) is 35.0 Å². The van der Waals surface area contributed by atoms with Crippen molar-refractivity contribution in [3.05, 3.63) is 71.0 Å². The predicted molar refractivity (Wildman–Crippen MR) is 112 cm³/mol. The SMILES string of the molecule is COc1cc(OC)cc(C(=O)Cc2ccc(Cl)c(-c3nc4ccncc4[nH]3)c2)c1. The summed E-state index contributed by atoms with van der Waals surface area (Å²) in [5, 5.41) is 0.552. The second-order valence-electron chi connectivity index (χ2n) is 6.49. The van der Waals surface area contributed by atoms with E-state index in [1.807, 2.05) is 18.2 Å². The molecule has 0 saturated heterocycles. The second-order valence-corrected chi connectivity index (χ2v) is 6.90. The lowest BCUT2D eigenvalue weighted by molar-refractivity contribution is 0.0992. The highest BCUT2D eigenvalue weighted by Crippen LogP contribution is 2.29. The van der Waals surface area contributed by atoms with Crippen LogP contribution in [0.25, 0.3) is 22.4 Å². The standard InChI is InChI=1S/C22H18ClN3O3/c1-28-15-9-14(10-16(11-15)29-2)21(27)8-13-3-4-18(23)17(7-13)22-25-19-5-6-24-12-20(19)26-22/h3-7,9-12H,8H2,1-2H3,(H,25,26). The van der Waals surface area contributed by atoms with Crippen molar-refractivity contribution >= 4 is 28.4 Å². The summed E-state index contributed by atoms with van der Waals surface area (Å²) < 4.78 is 10.5. The van der Waals surface area contributed by atoms with Crippen molar-refractivity contribution in [3.63, 3.8) is 0 Å². The van der Waals surface area contributed by atoms with E-state index < -0.39 is 0 Å². The fraction of sp³-hybridized carbons (Fsp3) is 0.136. The smallest absolute Gasteiger partial charge is 0.167 e. The predicted octanol–water partition coefficient (Wildman–Crippen LogP) is 4.72. The monoisotopic (exact) mass is 407 g/mol. The van der Waals surface area contributed by atoms with E-state index >= 15 is 0 Å². The van der Waals surface area contributed by atoms with Crippen LogP contribution in [0.5, 0.6) is 11.5 Å². The topological polar surface area (TPSA) is 77.1 Å². The molecule has 0 aliphatic carbocycles. The Balaban J connectivity index is 1.65. The van der Waals surface area contributed by atoms with Crippen LogP contribution >= 0.6 is 11.6 Å². The van der Waals surface area contributed by atoms with Gasteiger partial charge in [-0.25, -0.2) is 4.98 Å². The minimum Gasteiger partial charge on any atom is -0.497 e. The van der Waals surface area contributed by atoms with Crippen LogP contribution in [0.15, 0.2) is 54.9 Å². The van der Waals surface area contributed by atoms with E-state index in [1.165, 1.54) is 0 Å². The summed E-state index contributed by atoms with van der Waals surface area (Å²) in [7, 11) is 3.11. The van der Waals surface area contributed by atoms with Gasteiger partial charge in [0.15, 0.2) is 5.78 Å². The Hall–Kier alpha value is -3.38. The van der Waals surface area contributed by atoms with Crippen LogP contribution in [0, 0.1) is 0 Å². The molecule has 0 amide bonds. The first-order valence-corrected chi connectivity index (χ1v) is 9.30. The normalized spacial score (nSPS) is 10.9. The molecular weight excluding hydrogens is 390 g/mol. The van der Waals surface area contributed by atoms with Gasteiger partial charge < -0.3 is 14.5 Å². The molecule has 4 rings (SSSR count). The molecule has 0 bridgehead atoms. The molecule has 0 atom stereocenters. The van der Waals surface area contributed by atoms with Gasteiger partial charge in [-0.1, -0.05) is 17.7 Å². The van der Waals surface area contributed by atoms with E-state index in [2.05, 4.69) is 15.0 Å². The zero-order valence-electron chi connectivity index (χ0n) is 15.9. The fourth-order valence-electron chi connectivity index (χ4n) is 3.10. The van der Waals surface area contributed by atoms with Crippen LogP contribution in [0.3, 0.4) is 0 Å². The lowest BCUT2D eigenvalue weighted by Gasteiger charge is -2.09. The quantitative estimate of drug-likeness (QED) is 0.468. The van der Waals surface area contributed by atoms with Crippen molar-refractivity contribution in [1.29, 1.82) is 0 Å². The zero-order chi connectivity index (χ0) is 20.4. The van der Waals surface area contributed by atoms with Crippen molar-refractivity contribution in [2.45, 2.75) is 6.42 Å². The molecule has 2 aromatic carbocycles. The summed E-state index contributed by atoms with van der Waals surface area (Å²) in [4.78, 5) is 24.7. The van der Waals surface area contributed by atoms with Gasteiger partial charge in [0, 0.05) is 29.8 Å². The minimum atomic E-state index is -0.0516. The number of hydrogen-bond donors (Lipinski definition) is 1. The van der Waals surface area contributed by atoms with Crippen molar-refractivity contribution in [2.24, 2.45) is 0 Å². The molecule has 6 nitrogen and oxygen atoms in total. The number of nitrogens with zero attached hydrogens (tertiary/aromatic N) is 2. The van der Waals surface area contributed by atoms with Gasteiger partial charge in [-0.2, -0.15) is 0 Å². The molecule has 0 unspecified atom stereocenters. The van der Waals surface area contributed by atoms with E-state index in [-0.39, 0.29) is 12.2 Å². The molecule has 4 aromatic rings. The number of ketones is 1. The van der Waals surface area contributed by atoms with Crippen LogP contribution in [0.1, 0.15) is 15.9 Å². The summed E-state index contributed by atoms with van der Waals surface area (Å²) in [6.07, 6.45) is 3.61. The molecule has 7 heteroatoms. The van der Waals surface area contributed by atoms with Gasteiger partial charge in [-0.15, -0.1) is 0 Å². The van der Waals surface area contributed by atoms with Gasteiger partial charge in [-0.05, 0) is 35.9 Å². The highest BCUT2D eigenvalue weighted by molar-refractivity contribution is 6.33. The van der Waals surface area contributed by atoms with E-state index in [0.29, 0.717) is 27.9 Å². The number of imidazole rings is 1. The van der Waals surface area contributed by atoms with Gasteiger partial charge in [0.25, 0.3) is 0 Å². The van der Waals surface area contributed by atoms with Crippen LogP contribution in [0.2, 0.25) is 5.02 Å². The first-order valence-electron chi connectivity index (χ1n) is 8.92. The second kappa shape index (κ2) is 7.93. The molecule has 0 fully saturated rings. The zero-order valence-corrected chi connectivity index (χ0v) is 16.7. The summed E-state index contributed by atoms with van der Waals surface area (Å²) in [6.45, 7) is 0. The largest absolute Gasteiger partial charge is 0.497 e. The number of aromatic nitrogens is 3. The summed E-state index contributed by atoms with van der Waals surface area (Å²) >= 11 is 6.40. The Morgan fingerprint density at radius 2 is 1.83 bits per heavy atom. The molecule has 29 heavy (non-hydrogen) atoms. The molecule has 2 heterocycles. The van der Waals surface area contributed by atoms with E-state index in [4.69, 9.17) is 21.1 Å².